The predicted molar refractivity (Wildman–Crippen MR) is 119 cm³/mol. The molecule has 0 radical (unpaired) electrons. The lowest BCUT2D eigenvalue weighted by Gasteiger charge is -2.26. The van der Waals surface area contributed by atoms with Gasteiger partial charge in [0.2, 0.25) is 5.91 Å². The number of carboxylic acids is 1. The molecule has 1 aliphatic heterocycles. The van der Waals surface area contributed by atoms with Gasteiger partial charge in [-0.25, -0.2) is 9.59 Å². The fourth-order valence-electron chi connectivity index (χ4n) is 4.59. The van der Waals surface area contributed by atoms with Crippen LogP contribution in [0.5, 0.6) is 0 Å². The number of amides is 2. The molecule has 3 atom stereocenters. The summed E-state index contributed by atoms with van der Waals surface area (Å²) in [6.45, 7) is -0.0692. The van der Waals surface area contributed by atoms with Crippen molar-refractivity contribution in [3.8, 4) is 23.5 Å². The molecule has 1 saturated heterocycles. The largest absolute Gasteiger partial charge is 0.480 e. The number of aliphatic hydroxyl groups excluding tert-OH is 1. The van der Waals surface area contributed by atoms with Gasteiger partial charge in [0, 0.05) is 25.3 Å². The van der Waals surface area contributed by atoms with Crippen molar-refractivity contribution in [1.29, 1.82) is 0 Å². The van der Waals surface area contributed by atoms with Crippen LogP contribution in [-0.2, 0) is 14.3 Å². The highest BCUT2D eigenvalue weighted by atomic mass is 16.5. The Kier molecular flexibility index (Phi) is 6.33. The first-order valence-corrected chi connectivity index (χ1v) is 10.7. The molecule has 2 amide bonds. The molecule has 0 saturated carbocycles. The second kappa shape index (κ2) is 9.35. The average molecular weight is 448 g/mol. The fraction of sp³-hybridized carbons (Fsp3) is 0.320. The van der Waals surface area contributed by atoms with E-state index < -0.39 is 36.2 Å². The van der Waals surface area contributed by atoms with Crippen molar-refractivity contribution in [1.82, 2.24) is 10.2 Å². The van der Waals surface area contributed by atoms with Crippen molar-refractivity contribution in [2.24, 2.45) is 0 Å². The van der Waals surface area contributed by atoms with Crippen molar-refractivity contribution < 1.29 is 29.3 Å². The van der Waals surface area contributed by atoms with Crippen LogP contribution in [-0.4, -0.2) is 64.4 Å². The van der Waals surface area contributed by atoms with Crippen LogP contribution in [0.15, 0.2) is 48.5 Å². The van der Waals surface area contributed by atoms with E-state index in [1.54, 1.807) is 0 Å². The van der Waals surface area contributed by atoms with Crippen LogP contribution in [0.4, 0.5) is 4.79 Å². The zero-order chi connectivity index (χ0) is 23.5. The first-order valence-electron chi connectivity index (χ1n) is 10.7. The maximum Gasteiger partial charge on any atom is 0.407 e. The Bertz CT molecular complexity index is 1080. The zero-order valence-corrected chi connectivity index (χ0v) is 17.8. The van der Waals surface area contributed by atoms with Gasteiger partial charge in [-0.2, -0.15) is 0 Å². The van der Waals surface area contributed by atoms with Gasteiger partial charge in [-0.3, -0.25) is 4.79 Å². The van der Waals surface area contributed by atoms with Gasteiger partial charge in [0.15, 0.2) is 0 Å². The van der Waals surface area contributed by atoms with Crippen molar-refractivity contribution >= 4 is 18.0 Å². The second-order valence-electron chi connectivity index (χ2n) is 8.16. The van der Waals surface area contributed by atoms with Gasteiger partial charge in [-0.05, 0) is 22.3 Å². The molecule has 3 N–H and O–H groups in total. The number of aliphatic hydroxyl groups is 1. The molecule has 2 aromatic carbocycles. The number of carbonyl (C=O) groups is 3. The Morgan fingerprint density at radius 1 is 1.12 bits per heavy atom. The van der Waals surface area contributed by atoms with Crippen molar-refractivity contribution in [3.05, 3.63) is 59.7 Å². The molecule has 2 aromatic rings. The van der Waals surface area contributed by atoms with E-state index in [0.717, 1.165) is 27.2 Å². The minimum absolute atomic E-state index is 0.0665. The molecular weight excluding hydrogens is 424 g/mol. The van der Waals surface area contributed by atoms with Crippen molar-refractivity contribution in [3.63, 3.8) is 0 Å². The van der Waals surface area contributed by atoms with Gasteiger partial charge < -0.3 is 25.2 Å². The number of rotatable bonds is 6. The number of benzene rings is 2. The lowest BCUT2D eigenvalue weighted by Crippen LogP contribution is -2.51. The molecular formula is C25H24N2O6. The van der Waals surface area contributed by atoms with Crippen LogP contribution in [0.3, 0.4) is 0 Å². The van der Waals surface area contributed by atoms with E-state index in [0.29, 0.717) is 0 Å². The summed E-state index contributed by atoms with van der Waals surface area (Å²) in [6, 6.07) is 13.5. The highest BCUT2D eigenvalue weighted by molar-refractivity contribution is 5.90. The number of hydrogen-bond acceptors (Lipinski definition) is 5. The number of terminal acetylenes is 1. The third kappa shape index (κ3) is 4.41. The summed E-state index contributed by atoms with van der Waals surface area (Å²) in [5, 5.41) is 21.6. The Labute approximate surface area is 191 Å². The Morgan fingerprint density at radius 3 is 2.30 bits per heavy atom. The van der Waals surface area contributed by atoms with Gasteiger partial charge in [0.05, 0.1) is 6.10 Å². The van der Waals surface area contributed by atoms with E-state index in [4.69, 9.17) is 11.2 Å². The summed E-state index contributed by atoms with van der Waals surface area (Å²) in [6.07, 6.45) is 3.38. The molecule has 1 unspecified atom stereocenters. The van der Waals surface area contributed by atoms with Crippen LogP contribution in [0.1, 0.15) is 29.9 Å². The summed E-state index contributed by atoms with van der Waals surface area (Å²) >= 11 is 0. The Morgan fingerprint density at radius 2 is 1.73 bits per heavy atom. The minimum atomic E-state index is -1.22. The number of likely N-dealkylation sites (tertiary alicyclic amines) is 1. The quantitative estimate of drug-likeness (QED) is 0.582. The molecule has 0 spiro atoms. The third-order valence-electron chi connectivity index (χ3n) is 6.10. The molecule has 8 heteroatoms. The van der Waals surface area contributed by atoms with E-state index in [-0.39, 0.29) is 31.9 Å². The molecule has 1 heterocycles. The molecule has 4 rings (SSSR count). The topological polar surface area (TPSA) is 116 Å². The highest BCUT2D eigenvalue weighted by Gasteiger charge is 2.41. The van der Waals surface area contributed by atoms with Gasteiger partial charge >= 0.3 is 12.1 Å². The Balaban J connectivity index is 1.44. The summed E-state index contributed by atoms with van der Waals surface area (Å²) in [5.41, 5.74) is 4.29. The molecule has 33 heavy (non-hydrogen) atoms. The summed E-state index contributed by atoms with van der Waals surface area (Å²) in [4.78, 5) is 38.0. The number of alkyl carbamates (subject to hydrolysis) is 1. The van der Waals surface area contributed by atoms with E-state index in [1.165, 1.54) is 0 Å². The molecule has 0 bridgehead atoms. The van der Waals surface area contributed by atoms with E-state index in [9.17, 15) is 24.6 Å². The number of carbonyl (C=O) groups excluding carboxylic acids is 2. The van der Waals surface area contributed by atoms with Crippen molar-refractivity contribution in [2.75, 3.05) is 13.2 Å². The maximum absolute atomic E-state index is 12.9. The maximum atomic E-state index is 12.9. The Hall–Kier alpha value is -3.83. The molecule has 2 aliphatic rings. The van der Waals surface area contributed by atoms with E-state index >= 15 is 0 Å². The number of nitrogens with one attached hydrogen (secondary N) is 1. The standard InChI is InChI=1S/C25H24N2O6/c1-2-7-21(23(29)27-13-15(28)12-22(27)24(30)31)26-25(32)33-14-20-18-10-5-3-8-16(18)17-9-4-6-11-19(17)20/h1,3-6,8-11,15,20-22,28H,7,12-14H2,(H,26,32)(H,30,31)/t15-,21?,22-/m0/s1. The molecule has 1 aliphatic carbocycles. The highest BCUT2D eigenvalue weighted by Crippen LogP contribution is 2.44. The van der Waals surface area contributed by atoms with Crippen molar-refractivity contribution in [2.45, 2.75) is 36.9 Å². The summed E-state index contributed by atoms with van der Waals surface area (Å²) in [5.74, 6) is 0.301. The van der Waals surface area contributed by atoms with Gasteiger partial charge in [0.1, 0.15) is 18.7 Å². The number of ether oxygens (including phenoxy) is 1. The lowest BCUT2D eigenvalue weighted by molar-refractivity contribution is -0.148. The van der Waals surface area contributed by atoms with Crippen LogP contribution < -0.4 is 5.32 Å². The lowest BCUT2D eigenvalue weighted by atomic mass is 9.98. The smallest absolute Gasteiger partial charge is 0.407 e. The molecule has 170 valence electrons. The number of hydrogen-bond donors (Lipinski definition) is 3. The third-order valence-corrected chi connectivity index (χ3v) is 6.10. The predicted octanol–water partition coefficient (Wildman–Crippen LogP) is 1.96. The monoisotopic (exact) mass is 448 g/mol. The first-order chi connectivity index (χ1) is 15.9. The number of carboxylic acid groups (broad SMARTS) is 1. The second-order valence-corrected chi connectivity index (χ2v) is 8.16. The minimum Gasteiger partial charge on any atom is -0.480 e. The molecule has 1 fully saturated rings. The van der Waals surface area contributed by atoms with Gasteiger partial charge in [-0.15, -0.1) is 12.3 Å². The van der Waals surface area contributed by atoms with Gasteiger partial charge in [-0.1, -0.05) is 48.5 Å². The summed E-state index contributed by atoms with van der Waals surface area (Å²) < 4.78 is 5.47. The summed E-state index contributed by atoms with van der Waals surface area (Å²) in [7, 11) is 0. The average Bonchev–Trinajstić information content (AvgIpc) is 3.35. The van der Waals surface area contributed by atoms with Crippen LogP contribution in [0, 0.1) is 12.3 Å². The number of nitrogens with zero attached hydrogens (tertiary/aromatic N) is 1. The van der Waals surface area contributed by atoms with Crippen LogP contribution in [0.2, 0.25) is 0 Å². The van der Waals surface area contributed by atoms with Crippen LogP contribution in [0.25, 0.3) is 11.1 Å². The number of fused-ring (bicyclic) bond motifs is 3. The molecule has 8 nitrogen and oxygen atoms in total. The van der Waals surface area contributed by atoms with Crippen LogP contribution >= 0.6 is 0 Å². The zero-order valence-electron chi connectivity index (χ0n) is 17.8. The molecule has 0 aromatic heterocycles. The fourth-order valence-corrected chi connectivity index (χ4v) is 4.59. The van der Waals surface area contributed by atoms with E-state index in [1.807, 2.05) is 48.5 Å². The number of aliphatic carboxylic acids is 1. The number of β-amino-alcohol motifs (C(OH)–C–C–N with tert-alkyl or cyclic N) is 1. The normalized spacial score (nSPS) is 19.8. The first kappa shape index (κ1) is 22.4. The van der Waals surface area contributed by atoms with Gasteiger partial charge in [0.25, 0.3) is 0 Å². The SMILES string of the molecule is C#CCC(NC(=O)OCC1c2ccccc2-c2ccccc21)C(=O)N1C[C@@H](O)C[C@H]1C(=O)O. The van der Waals surface area contributed by atoms with E-state index in [2.05, 4.69) is 11.2 Å².